The first-order chi connectivity index (χ1) is 19.4. The van der Waals surface area contributed by atoms with E-state index < -0.39 is 11.9 Å². The molecule has 0 saturated carbocycles. The smallest absolute Gasteiger partial charge is 0.267 e. The van der Waals surface area contributed by atoms with Crippen molar-refractivity contribution in [3.05, 3.63) is 106 Å². The number of carbonyl (C=O) groups excluding carboxylic acids is 1. The van der Waals surface area contributed by atoms with Crippen molar-refractivity contribution in [1.29, 1.82) is 0 Å². The van der Waals surface area contributed by atoms with Crippen LogP contribution in [0.4, 0.5) is 5.82 Å². The van der Waals surface area contributed by atoms with Gasteiger partial charge in [-0.15, -0.1) is 9.73 Å². The van der Waals surface area contributed by atoms with Gasteiger partial charge in [0.15, 0.2) is 11.5 Å². The summed E-state index contributed by atoms with van der Waals surface area (Å²) in [5.41, 5.74) is 8.13. The Morgan fingerprint density at radius 3 is 2.62 bits per heavy atom. The number of anilines is 1. The topological polar surface area (TPSA) is 151 Å². The van der Waals surface area contributed by atoms with Crippen LogP contribution in [0.1, 0.15) is 40.4 Å². The van der Waals surface area contributed by atoms with Gasteiger partial charge < -0.3 is 11.1 Å². The number of fused-ring (bicyclic) bond motifs is 2. The maximum atomic E-state index is 14.1. The highest BCUT2D eigenvalue weighted by molar-refractivity contribution is 6.04. The summed E-state index contributed by atoms with van der Waals surface area (Å²) in [4.78, 5) is 36.5. The third kappa shape index (κ3) is 4.31. The SMILES string of the molecule is C[C@H](NC(=O)c1c(N)nn2nccnc12)c1nc2cccc(C#Cc3ccn(C)n3)c2c(=O)n1-c1ccccc1. The van der Waals surface area contributed by atoms with Crippen molar-refractivity contribution in [3.8, 4) is 17.5 Å². The Balaban J connectivity index is 1.48. The molecule has 2 aromatic carbocycles. The fourth-order valence-electron chi connectivity index (χ4n) is 4.44. The molecule has 4 aromatic heterocycles. The van der Waals surface area contributed by atoms with Gasteiger partial charge in [0, 0.05) is 25.0 Å². The zero-order valence-corrected chi connectivity index (χ0v) is 21.5. The van der Waals surface area contributed by atoms with E-state index in [2.05, 4.69) is 37.4 Å². The molecule has 12 nitrogen and oxygen atoms in total. The third-order valence-corrected chi connectivity index (χ3v) is 6.25. The predicted molar refractivity (Wildman–Crippen MR) is 148 cm³/mol. The maximum absolute atomic E-state index is 14.1. The zero-order chi connectivity index (χ0) is 27.8. The molecule has 0 saturated heterocycles. The zero-order valence-electron chi connectivity index (χ0n) is 21.5. The third-order valence-electron chi connectivity index (χ3n) is 6.25. The molecular weight excluding hydrogens is 508 g/mol. The summed E-state index contributed by atoms with van der Waals surface area (Å²) in [5, 5.41) is 15.6. The number of aryl methyl sites for hydroxylation is 1. The molecule has 4 heterocycles. The van der Waals surface area contributed by atoms with Gasteiger partial charge >= 0.3 is 0 Å². The highest BCUT2D eigenvalue weighted by Crippen LogP contribution is 2.22. The van der Waals surface area contributed by atoms with E-state index in [0.717, 1.165) is 0 Å². The minimum absolute atomic E-state index is 0.0149. The highest BCUT2D eigenvalue weighted by atomic mass is 16.2. The first-order valence-electron chi connectivity index (χ1n) is 12.3. The Morgan fingerprint density at radius 1 is 1.02 bits per heavy atom. The lowest BCUT2D eigenvalue weighted by molar-refractivity contribution is 0.0940. The van der Waals surface area contributed by atoms with Gasteiger partial charge in [-0.1, -0.05) is 30.2 Å². The summed E-state index contributed by atoms with van der Waals surface area (Å²) in [6.45, 7) is 1.74. The Kier molecular flexibility index (Phi) is 6.01. The lowest BCUT2D eigenvalue weighted by Gasteiger charge is -2.20. The van der Waals surface area contributed by atoms with E-state index in [9.17, 15) is 9.59 Å². The largest absolute Gasteiger partial charge is 0.381 e. The van der Waals surface area contributed by atoms with Gasteiger partial charge in [-0.25, -0.2) is 9.97 Å². The molecule has 1 atom stereocenters. The van der Waals surface area contributed by atoms with Gasteiger partial charge in [-0.3, -0.25) is 18.8 Å². The van der Waals surface area contributed by atoms with Crippen molar-refractivity contribution < 1.29 is 4.79 Å². The Bertz CT molecular complexity index is 2030. The molecule has 0 bridgehead atoms. The minimum Gasteiger partial charge on any atom is -0.381 e. The predicted octanol–water partition coefficient (Wildman–Crippen LogP) is 2.03. The molecule has 12 heteroatoms. The molecule has 0 aliphatic carbocycles. The molecule has 0 fully saturated rings. The van der Waals surface area contributed by atoms with Crippen molar-refractivity contribution in [2.75, 3.05) is 5.73 Å². The molecule has 196 valence electrons. The van der Waals surface area contributed by atoms with Crippen LogP contribution in [0.15, 0.2) is 78.0 Å². The van der Waals surface area contributed by atoms with Crippen molar-refractivity contribution in [2.45, 2.75) is 13.0 Å². The van der Waals surface area contributed by atoms with Gasteiger partial charge in [0.1, 0.15) is 17.1 Å². The van der Waals surface area contributed by atoms with Crippen LogP contribution in [0.25, 0.3) is 22.2 Å². The second kappa shape index (κ2) is 9.80. The van der Waals surface area contributed by atoms with Crippen molar-refractivity contribution >= 4 is 28.3 Å². The maximum Gasteiger partial charge on any atom is 0.267 e. The average Bonchev–Trinajstić information content (AvgIpc) is 3.53. The number of amides is 1. The second-order valence-corrected chi connectivity index (χ2v) is 8.98. The van der Waals surface area contributed by atoms with Crippen LogP contribution >= 0.6 is 0 Å². The molecule has 0 spiro atoms. The molecule has 0 unspecified atom stereocenters. The Morgan fingerprint density at radius 2 is 1.85 bits per heavy atom. The normalized spacial score (nSPS) is 11.8. The number of carbonyl (C=O) groups is 1. The lowest BCUT2D eigenvalue weighted by atomic mass is 10.1. The first-order valence-corrected chi connectivity index (χ1v) is 12.3. The number of para-hydroxylation sites is 1. The van der Waals surface area contributed by atoms with Gasteiger partial charge in [0.05, 0.1) is 28.8 Å². The summed E-state index contributed by atoms with van der Waals surface area (Å²) in [7, 11) is 1.81. The molecule has 1 amide bonds. The summed E-state index contributed by atoms with van der Waals surface area (Å²) in [6, 6.07) is 15.5. The van der Waals surface area contributed by atoms with Crippen LogP contribution < -0.4 is 16.6 Å². The first kappa shape index (κ1) is 24.5. The van der Waals surface area contributed by atoms with Crippen molar-refractivity contribution in [2.24, 2.45) is 7.05 Å². The summed E-state index contributed by atoms with van der Waals surface area (Å²) < 4.78 is 4.33. The summed E-state index contributed by atoms with van der Waals surface area (Å²) in [5.74, 6) is 5.88. The number of nitrogens with two attached hydrogens (primary N) is 1. The van der Waals surface area contributed by atoms with Crippen molar-refractivity contribution in [3.63, 3.8) is 0 Å². The van der Waals surface area contributed by atoms with Gasteiger partial charge in [0.2, 0.25) is 0 Å². The lowest BCUT2D eigenvalue weighted by Crippen LogP contribution is -2.33. The Hall–Kier alpha value is -5.83. The van der Waals surface area contributed by atoms with E-state index in [1.165, 1.54) is 21.6 Å². The number of nitrogens with zero attached hydrogens (tertiary/aromatic N) is 8. The summed E-state index contributed by atoms with van der Waals surface area (Å²) >= 11 is 0. The highest BCUT2D eigenvalue weighted by Gasteiger charge is 2.25. The molecule has 6 aromatic rings. The fraction of sp³-hybridized carbons (Fsp3) is 0.107. The number of benzene rings is 2. The quantitative estimate of drug-likeness (QED) is 0.329. The molecule has 0 aliphatic heterocycles. The van der Waals surface area contributed by atoms with Crippen LogP contribution in [0.3, 0.4) is 0 Å². The van der Waals surface area contributed by atoms with E-state index in [0.29, 0.717) is 33.7 Å². The monoisotopic (exact) mass is 530 g/mol. The van der Waals surface area contributed by atoms with Crippen LogP contribution in [-0.2, 0) is 7.05 Å². The molecular formula is C28H22N10O2. The molecule has 0 aliphatic rings. The van der Waals surface area contributed by atoms with E-state index in [1.807, 2.05) is 25.2 Å². The summed E-state index contributed by atoms with van der Waals surface area (Å²) in [6.07, 6.45) is 4.69. The van der Waals surface area contributed by atoms with Crippen LogP contribution in [0.2, 0.25) is 0 Å². The fourth-order valence-corrected chi connectivity index (χ4v) is 4.44. The Labute approximate surface area is 227 Å². The van der Waals surface area contributed by atoms with Crippen molar-refractivity contribution in [1.82, 2.24) is 44.5 Å². The van der Waals surface area contributed by atoms with E-state index >= 15 is 0 Å². The number of hydrogen-bond donors (Lipinski definition) is 2. The van der Waals surface area contributed by atoms with Gasteiger partial charge in [0.25, 0.3) is 11.5 Å². The molecule has 40 heavy (non-hydrogen) atoms. The average molecular weight is 531 g/mol. The molecule has 0 radical (unpaired) electrons. The van der Waals surface area contributed by atoms with Crippen LogP contribution in [0.5, 0.6) is 0 Å². The van der Waals surface area contributed by atoms with Gasteiger partial charge in [-0.05, 0) is 43.2 Å². The van der Waals surface area contributed by atoms with Crippen LogP contribution in [-0.4, -0.2) is 45.1 Å². The second-order valence-electron chi connectivity index (χ2n) is 8.98. The minimum atomic E-state index is -0.709. The van der Waals surface area contributed by atoms with E-state index in [-0.39, 0.29) is 22.6 Å². The number of nitrogens with one attached hydrogen (secondary N) is 1. The number of hydrogen-bond acceptors (Lipinski definition) is 8. The number of nitrogen functional groups attached to an aromatic ring is 1. The standard InChI is InChI=1S/C28H22N10O2/c1-17(32-27(39)23-24(29)35-38-26(23)30-14-15-31-38)25-33-21-10-6-7-18(11-12-19-13-16-36(2)34-19)22(21)28(40)37(25)20-8-4-3-5-9-20/h3-10,13-17H,1-2H3,(H2,29,35)(H,32,39)/t17-/m0/s1. The molecule has 6 rings (SSSR count). The van der Waals surface area contributed by atoms with E-state index in [1.54, 1.807) is 54.2 Å². The van der Waals surface area contributed by atoms with E-state index in [4.69, 9.17) is 10.7 Å². The van der Waals surface area contributed by atoms with Gasteiger partial charge in [-0.2, -0.15) is 10.2 Å². The van der Waals surface area contributed by atoms with Crippen LogP contribution in [0, 0.1) is 11.8 Å². The number of aromatic nitrogens is 8. The number of rotatable bonds is 4. The molecule has 3 N–H and O–H groups in total.